The van der Waals surface area contributed by atoms with Gasteiger partial charge in [0, 0.05) is 17.8 Å². The highest BCUT2D eigenvalue weighted by Crippen LogP contribution is 2.26. The summed E-state index contributed by atoms with van der Waals surface area (Å²) in [7, 11) is 1.58. The maximum Gasteiger partial charge on any atom is 0.573 e. The van der Waals surface area contributed by atoms with Crippen LogP contribution in [0.5, 0.6) is 11.5 Å². The zero-order valence-electron chi connectivity index (χ0n) is 18.0. The Morgan fingerprint density at radius 2 is 1.41 bits per heavy atom. The summed E-state index contributed by atoms with van der Waals surface area (Å²) in [4.78, 5) is 13.4. The first-order chi connectivity index (χ1) is 16.4. The number of methoxy groups -OCH3 is 1. The molecule has 0 spiro atoms. The maximum absolute atomic E-state index is 12.4. The molecule has 174 valence electrons. The van der Waals surface area contributed by atoms with Gasteiger partial charge in [0.2, 0.25) is 11.9 Å². The standard InChI is InChI=1S/C24H20F3N5O2/c1-33-19-11-7-17(8-12-19)21-30-22(28-15-16-5-3-2-4-6-16)32-23(31-21)29-18-9-13-20(14-10-18)34-24(25,26)27/h2-14H,15H2,1H3,(H2,28,29,30,31,32). The van der Waals surface area contributed by atoms with Gasteiger partial charge in [0.25, 0.3) is 0 Å². The molecule has 4 rings (SSSR count). The Bertz CT molecular complexity index is 1220. The maximum atomic E-state index is 12.4. The second-order valence-corrected chi connectivity index (χ2v) is 7.07. The summed E-state index contributed by atoms with van der Waals surface area (Å²) >= 11 is 0. The molecule has 0 unspecified atom stereocenters. The van der Waals surface area contributed by atoms with Crippen molar-refractivity contribution >= 4 is 17.6 Å². The van der Waals surface area contributed by atoms with Gasteiger partial charge >= 0.3 is 6.36 Å². The van der Waals surface area contributed by atoms with Gasteiger partial charge in [-0.25, -0.2) is 0 Å². The second-order valence-electron chi connectivity index (χ2n) is 7.07. The van der Waals surface area contributed by atoms with Gasteiger partial charge in [-0.3, -0.25) is 0 Å². The smallest absolute Gasteiger partial charge is 0.497 e. The number of benzene rings is 3. The number of rotatable bonds is 8. The van der Waals surface area contributed by atoms with E-state index in [4.69, 9.17) is 4.74 Å². The molecule has 7 nitrogen and oxygen atoms in total. The quantitative estimate of drug-likeness (QED) is 0.339. The van der Waals surface area contributed by atoms with Gasteiger partial charge in [0.05, 0.1) is 7.11 Å². The molecule has 2 N–H and O–H groups in total. The zero-order valence-corrected chi connectivity index (χ0v) is 18.0. The molecule has 0 fully saturated rings. The van der Waals surface area contributed by atoms with E-state index in [0.29, 0.717) is 29.8 Å². The van der Waals surface area contributed by atoms with Crippen molar-refractivity contribution in [2.75, 3.05) is 17.7 Å². The van der Waals surface area contributed by atoms with Gasteiger partial charge in [-0.1, -0.05) is 30.3 Å². The van der Waals surface area contributed by atoms with Crippen LogP contribution in [0.15, 0.2) is 78.9 Å². The molecule has 0 aliphatic heterocycles. The van der Waals surface area contributed by atoms with Crippen LogP contribution in [0.1, 0.15) is 5.56 Å². The third kappa shape index (κ3) is 6.35. The normalized spacial score (nSPS) is 11.1. The Morgan fingerprint density at radius 1 is 0.765 bits per heavy atom. The van der Waals surface area contributed by atoms with Crippen molar-refractivity contribution in [2.24, 2.45) is 0 Å². The van der Waals surface area contributed by atoms with Gasteiger partial charge < -0.3 is 20.1 Å². The minimum Gasteiger partial charge on any atom is -0.497 e. The molecule has 1 aromatic heterocycles. The predicted molar refractivity (Wildman–Crippen MR) is 122 cm³/mol. The van der Waals surface area contributed by atoms with E-state index in [0.717, 1.165) is 11.1 Å². The SMILES string of the molecule is COc1ccc(-c2nc(NCc3ccccc3)nc(Nc3ccc(OC(F)(F)F)cc3)n2)cc1. The third-order valence-electron chi connectivity index (χ3n) is 4.62. The number of nitrogens with one attached hydrogen (secondary N) is 2. The highest BCUT2D eigenvalue weighted by molar-refractivity contribution is 5.62. The highest BCUT2D eigenvalue weighted by atomic mass is 19.4. The van der Waals surface area contributed by atoms with Crippen LogP contribution in [0.4, 0.5) is 30.8 Å². The van der Waals surface area contributed by atoms with Gasteiger partial charge in [0.15, 0.2) is 5.82 Å². The van der Waals surface area contributed by atoms with E-state index in [-0.39, 0.29) is 11.7 Å². The van der Waals surface area contributed by atoms with Gasteiger partial charge in [0.1, 0.15) is 11.5 Å². The summed E-state index contributed by atoms with van der Waals surface area (Å²) in [6.07, 6.45) is -4.75. The summed E-state index contributed by atoms with van der Waals surface area (Å²) in [5.41, 5.74) is 2.27. The van der Waals surface area contributed by atoms with Crippen molar-refractivity contribution in [3.05, 3.63) is 84.4 Å². The molecule has 0 aliphatic rings. The van der Waals surface area contributed by atoms with Crippen molar-refractivity contribution in [3.8, 4) is 22.9 Å². The van der Waals surface area contributed by atoms with Crippen LogP contribution in [-0.4, -0.2) is 28.4 Å². The summed E-state index contributed by atoms with van der Waals surface area (Å²) in [5.74, 6) is 1.34. The van der Waals surface area contributed by atoms with E-state index in [1.807, 2.05) is 42.5 Å². The first kappa shape index (κ1) is 22.8. The van der Waals surface area contributed by atoms with Crippen LogP contribution < -0.4 is 20.1 Å². The van der Waals surface area contributed by atoms with Crippen molar-refractivity contribution in [1.29, 1.82) is 0 Å². The Kier molecular flexibility index (Phi) is 6.77. The number of anilines is 3. The van der Waals surface area contributed by atoms with Crippen LogP contribution in [-0.2, 0) is 6.54 Å². The molecular formula is C24H20F3N5O2. The average molecular weight is 467 g/mol. The lowest BCUT2D eigenvalue weighted by molar-refractivity contribution is -0.274. The molecular weight excluding hydrogens is 447 g/mol. The summed E-state index contributed by atoms with van der Waals surface area (Å²) in [6.45, 7) is 0.496. The Hall–Kier alpha value is -4.34. The number of hydrogen-bond acceptors (Lipinski definition) is 7. The van der Waals surface area contributed by atoms with E-state index in [2.05, 4.69) is 30.3 Å². The fraction of sp³-hybridized carbons (Fsp3) is 0.125. The molecule has 0 amide bonds. The zero-order chi connectivity index (χ0) is 24.0. The molecule has 34 heavy (non-hydrogen) atoms. The monoisotopic (exact) mass is 467 g/mol. The van der Waals surface area contributed by atoms with E-state index in [9.17, 15) is 13.2 Å². The minimum absolute atomic E-state index is 0.223. The van der Waals surface area contributed by atoms with Crippen molar-refractivity contribution in [2.45, 2.75) is 12.9 Å². The van der Waals surface area contributed by atoms with E-state index in [1.165, 1.54) is 24.3 Å². The van der Waals surface area contributed by atoms with E-state index in [1.54, 1.807) is 19.2 Å². The molecule has 0 bridgehead atoms. The van der Waals surface area contributed by atoms with Crippen LogP contribution in [0.2, 0.25) is 0 Å². The first-order valence-electron chi connectivity index (χ1n) is 10.2. The summed E-state index contributed by atoms with van der Waals surface area (Å²) in [6, 6.07) is 22.3. The van der Waals surface area contributed by atoms with Crippen LogP contribution in [0.25, 0.3) is 11.4 Å². The molecule has 1 heterocycles. The third-order valence-corrected chi connectivity index (χ3v) is 4.62. The molecule has 10 heteroatoms. The topological polar surface area (TPSA) is 81.2 Å². The number of aromatic nitrogens is 3. The second kappa shape index (κ2) is 10.1. The van der Waals surface area contributed by atoms with E-state index < -0.39 is 6.36 Å². The van der Waals surface area contributed by atoms with Crippen LogP contribution in [0, 0.1) is 0 Å². The molecule has 0 saturated carbocycles. The number of hydrogen-bond donors (Lipinski definition) is 2. The Labute approximate surface area is 193 Å². The lowest BCUT2D eigenvalue weighted by Crippen LogP contribution is -2.17. The first-order valence-corrected chi connectivity index (χ1v) is 10.2. The van der Waals surface area contributed by atoms with Crippen molar-refractivity contribution in [3.63, 3.8) is 0 Å². The van der Waals surface area contributed by atoms with Crippen molar-refractivity contribution < 1.29 is 22.6 Å². The molecule has 4 aromatic rings. The average Bonchev–Trinajstić information content (AvgIpc) is 2.84. The number of alkyl halides is 3. The molecule has 3 aromatic carbocycles. The number of nitrogens with zero attached hydrogens (tertiary/aromatic N) is 3. The Balaban J connectivity index is 1.59. The fourth-order valence-electron chi connectivity index (χ4n) is 3.03. The molecule has 0 aliphatic carbocycles. The number of halogens is 3. The number of ether oxygens (including phenoxy) is 2. The van der Waals surface area contributed by atoms with E-state index >= 15 is 0 Å². The van der Waals surface area contributed by atoms with Crippen LogP contribution >= 0.6 is 0 Å². The molecule has 0 saturated heterocycles. The lowest BCUT2D eigenvalue weighted by atomic mass is 10.2. The van der Waals surface area contributed by atoms with Gasteiger partial charge in [-0.2, -0.15) is 15.0 Å². The largest absolute Gasteiger partial charge is 0.573 e. The van der Waals surface area contributed by atoms with Crippen molar-refractivity contribution in [1.82, 2.24) is 15.0 Å². The Morgan fingerprint density at radius 3 is 2.06 bits per heavy atom. The summed E-state index contributed by atoms with van der Waals surface area (Å²) in [5, 5.41) is 6.18. The minimum atomic E-state index is -4.75. The predicted octanol–water partition coefficient (Wildman–Crippen LogP) is 5.80. The molecule has 0 radical (unpaired) electrons. The fourth-order valence-corrected chi connectivity index (χ4v) is 3.03. The van der Waals surface area contributed by atoms with Crippen LogP contribution in [0.3, 0.4) is 0 Å². The van der Waals surface area contributed by atoms with Gasteiger partial charge in [-0.05, 0) is 54.1 Å². The summed E-state index contributed by atoms with van der Waals surface area (Å²) < 4.78 is 46.3. The highest BCUT2D eigenvalue weighted by Gasteiger charge is 2.30. The van der Waals surface area contributed by atoms with Gasteiger partial charge in [-0.15, -0.1) is 13.2 Å². The molecule has 0 atom stereocenters. The lowest BCUT2D eigenvalue weighted by Gasteiger charge is -2.12.